The van der Waals surface area contributed by atoms with Crippen LogP contribution >= 0.6 is 0 Å². The first-order chi connectivity index (χ1) is 13.9. The van der Waals surface area contributed by atoms with Crippen LogP contribution in [0.4, 0.5) is 17.6 Å². The monoisotopic (exact) mass is 405 g/mol. The van der Waals surface area contributed by atoms with E-state index in [2.05, 4.69) is 10.1 Å². The van der Waals surface area contributed by atoms with Gasteiger partial charge < -0.3 is 9.42 Å². The molecule has 1 aromatic heterocycles. The number of carbonyl (C=O) groups excluding carboxylic acids is 1. The van der Waals surface area contributed by atoms with Crippen molar-refractivity contribution in [3.63, 3.8) is 0 Å². The minimum Gasteiger partial charge on any atom is -0.339 e. The molecule has 5 nitrogen and oxygen atoms in total. The van der Waals surface area contributed by atoms with Crippen LogP contribution in [-0.4, -0.2) is 34.0 Å². The third-order valence-corrected chi connectivity index (χ3v) is 4.83. The van der Waals surface area contributed by atoms with Gasteiger partial charge in [-0.2, -0.15) is 4.98 Å². The van der Waals surface area contributed by atoms with Crippen molar-refractivity contribution < 1.29 is 26.9 Å². The Balaban J connectivity index is 1.53. The number of piperidine rings is 1. The summed E-state index contributed by atoms with van der Waals surface area (Å²) in [6.07, 6.45) is 1.26. The van der Waals surface area contributed by atoms with E-state index >= 15 is 0 Å². The van der Waals surface area contributed by atoms with Gasteiger partial charge in [-0.05, 0) is 37.1 Å². The summed E-state index contributed by atoms with van der Waals surface area (Å²) >= 11 is 0. The second-order valence-corrected chi connectivity index (χ2v) is 6.79. The average Bonchev–Trinajstić information content (AvgIpc) is 3.17. The lowest BCUT2D eigenvalue weighted by atomic mass is 9.97. The highest BCUT2D eigenvalue weighted by Gasteiger charge is 2.30. The van der Waals surface area contributed by atoms with Gasteiger partial charge >= 0.3 is 0 Å². The van der Waals surface area contributed by atoms with Crippen LogP contribution < -0.4 is 0 Å². The van der Waals surface area contributed by atoms with Crippen LogP contribution in [0.25, 0.3) is 11.4 Å². The van der Waals surface area contributed by atoms with E-state index in [-0.39, 0.29) is 35.3 Å². The van der Waals surface area contributed by atoms with Gasteiger partial charge in [-0.1, -0.05) is 5.16 Å². The zero-order valence-electron chi connectivity index (χ0n) is 15.0. The maximum Gasteiger partial charge on any atom is 0.256 e. The summed E-state index contributed by atoms with van der Waals surface area (Å²) in [5, 5.41) is 3.75. The summed E-state index contributed by atoms with van der Waals surface area (Å²) in [5.41, 5.74) is -0.217. The normalized spacial score (nSPS) is 16.8. The van der Waals surface area contributed by atoms with E-state index in [1.165, 1.54) is 11.0 Å². The summed E-state index contributed by atoms with van der Waals surface area (Å²) in [6, 6.07) is 5.83. The molecule has 1 fully saturated rings. The van der Waals surface area contributed by atoms with E-state index in [1.807, 2.05) is 0 Å². The number of aromatic nitrogens is 2. The van der Waals surface area contributed by atoms with Gasteiger partial charge in [0.1, 0.15) is 23.3 Å². The minimum absolute atomic E-state index is 0.00137. The van der Waals surface area contributed by atoms with Crippen molar-refractivity contribution in [1.82, 2.24) is 15.0 Å². The minimum atomic E-state index is -0.927. The topological polar surface area (TPSA) is 59.2 Å². The van der Waals surface area contributed by atoms with Gasteiger partial charge in [0.25, 0.3) is 5.91 Å². The molecule has 2 aromatic carbocycles. The molecule has 0 aliphatic carbocycles. The lowest BCUT2D eigenvalue weighted by Gasteiger charge is -2.31. The lowest BCUT2D eigenvalue weighted by Crippen LogP contribution is -2.39. The van der Waals surface area contributed by atoms with Crippen molar-refractivity contribution in [2.24, 2.45) is 0 Å². The summed E-state index contributed by atoms with van der Waals surface area (Å²) in [5.74, 6) is -3.91. The number of halogens is 4. The molecule has 1 aliphatic rings. The number of hydrogen-bond acceptors (Lipinski definition) is 4. The van der Waals surface area contributed by atoms with E-state index in [0.717, 1.165) is 24.3 Å². The first-order valence-electron chi connectivity index (χ1n) is 8.95. The second-order valence-electron chi connectivity index (χ2n) is 6.79. The fraction of sp³-hybridized carbons (Fsp3) is 0.250. The Morgan fingerprint density at radius 1 is 1.03 bits per heavy atom. The lowest BCUT2D eigenvalue weighted by molar-refractivity contribution is 0.0691. The van der Waals surface area contributed by atoms with Gasteiger partial charge in [-0.3, -0.25) is 4.79 Å². The van der Waals surface area contributed by atoms with E-state index in [1.54, 1.807) is 0 Å². The SMILES string of the molecule is O=C(c1ccc(F)cc1F)N1CCC[C@H](c2nc(-c3ccc(F)cc3F)no2)C1. The van der Waals surface area contributed by atoms with E-state index < -0.39 is 29.2 Å². The number of nitrogens with zero attached hydrogens (tertiary/aromatic N) is 3. The smallest absolute Gasteiger partial charge is 0.256 e. The molecule has 1 amide bonds. The number of benzene rings is 2. The van der Waals surface area contributed by atoms with Crippen LogP contribution in [0.15, 0.2) is 40.9 Å². The number of carbonyl (C=O) groups is 1. The van der Waals surface area contributed by atoms with Crippen molar-refractivity contribution >= 4 is 5.91 Å². The molecule has 1 atom stereocenters. The highest BCUT2D eigenvalue weighted by molar-refractivity contribution is 5.94. The van der Waals surface area contributed by atoms with Crippen LogP contribution in [0.1, 0.15) is 35.0 Å². The van der Waals surface area contributed by atoms with E-state index in [9.17, 15) is 22.4 Å². The number of likely N-dealkylation sites (tertiary alicyclic amines) is 1. The third kappa shape index (κ3) is 3.85. The zero-order chi connectivity index (χ0) is 20.5. The molecule has 3 aromatic rings. The van der Waals surface area contributed by atoms with Crippen molar-refractivity contribution in [1.29, 1.82) is 0 Å². The molecule has 0 bridgehead atoms. The van der Waals surface area contributed by atoms with Crippen LogP contribution in [0.2, 0.25) is 0 Å². The first-order valence-corrected chi connectivity index (χ1v) is 8.95. The van der Waals surface area contributed by atoms with Gasteiger partial charge in [0.05, 0.1) is 17.0 Å². The quantitative estimate of drug-likeness (QED) is 0.610. The predicted molar refractivity (Wildman–Crippen MR) is 93.9 cm³/mol. The Hall–Kier alpha value is -3.23. The molecule has 0 unspecified atom stereocenters. The zero-order valence-corrected chi connectivity index (χ0v) is 15.0. The van der Waals surface area contributed by atoms with Gasteiger partial charge in [0.2, 0.25) is 11.7 Å². The Bertz CT molecular complexity index is 1070. The van der Waals surface area contributed by atoms with Crippen LogP contribution in [-0.2, 0) is 0 Å². The molecule has 0 N–H and O–H groups in total. The van der Waals surface area contributed by atoms with Crippen molar-refractivity contribution in [2.45, 2.75) is 18.8 Å². The predicted octanol–water partition coefficient (Wildman–Crippen LogP) is 4.31. The summed E-state index contributed by atoms with van der Waals surface area (Å²) in [6.45, 7) is 0.600. The van der Waals surface area contributed by atoms with E-state index in [0.29, 0.717) is 25.5 Å². The number of rotatable bonds is 3. The van der Waals surface area contributed by atoms with Gasteiger partial charge in [0, 0.05) is 25.2 Å². The van der Waals surface area contributed by atoms with Gasteiger partial charge in [-0.15, -0.1) is 0 Å². The van der Waals surface area contributed by atoms with Crippen LogP contribution in [0.5, 0.6) is 0 Å². The van der Waals surface area contributed by atoms with Crippen molar-refractivity contribution in [3.05, 3.63) is 71.1 Å². The molecule has 1 saturated heterocycles. The van der Waals surface area contributed by atoms with Crippen LogP contribution in [0.3, 0.4) is 0 Å². The number of amides is 1. The number of hydrogen-bond donors (Lipinski definition) is 0. The molecular formula is C20H15F4N3O2. The summed E-state index contributed by atoms with van der Waals surface area (Å²) in [4.78, 5) is 18.2. The maximum absolute atomic E-state index is 13.9. The van der Waals surface area contributed by atoms with Crippen molar-refractivity contribution in [3.8, 4) is 11.4 Å². The second kappa shape index (κ2) is 7.65. The summed E-state index contributed by atoms with van der Waals surface area (Å²) in [7, 11) is 0. The molecule has 0 radical (unpaired) electrons. The maximum atomic E-state index is 13.9. The highest BCUT2D eigenvalue weighted by Crippen LogP contribution is 2.29. The molecule has 2 heterocycles. The molecule has 29 heavy (non-hydrogen) atoms. The Kier molecular flexibility index (Phi) is 5.04. The first kappa shape index (κ1) is 19.1. The molecule has 150 valence electrons. The molecule has 1 aliphatic heterocycles. The van der Waals surface area contributed by atoms with E-state index in [4.69, 9.17) is 4.52 Å². The fourth-order valence-electron chi connectivity index (χ4n) is 3.38. The standard InChI is InChI=1S/C20H15F4N3O2/c21-12-3-5-14(16(23)8-12)18-25-19(29-26-18)11-2-1-7-27(10-11)20(28)15-6-4-13(22)9-17(15)24/h3-6,8-9,11H,1-2,7,10H2/t11-/m0/s1. The largest absolute Gasteiger partial charge is 0.339 e. The molecule has 0 spiro atoms. The fourth-order valence-corrected chi connectivity index (χ4v) is 3.38. The molecular weight excluding hydrogens is 390 g/mol. The average molecular weight is 405 g/mol. The molecule has 4 rings (SSSR count). The highest BCUT2D eigenvalue weighted by atomic mass is 19.1. The molecule has 9 heteroatoms. The van der Waals surface area contributed by atoms with Gasteiger partial charge in [-0.25, -0.2) is 17.6 Å². The summed E-state index contributed by atoms with van der Waals surface area (Å²) < 4.78 is 59.3. The third-order valence-electron chi connectivity index (χ3n) is 4.83. The molecule has 0 saturated carbocycles. The van der Waals surface area contributed by atoms with Crippen molar-refractivity contribution in [2.75, 3.05) is 13.1 Å². The Labute approximate surface area is 162 Å². The Morgan fingerprint density at radius 2 is 1.76 bits per heavy atom. The van der Waals surface area contributed by atoms with Gasteiger partial charge in [0.15, 0.2) is 0 Å². The van der Waals surface area contributed by atoms with Crippen LogP contribution in [0, 0.1) is 23.3 Å². The Morgan fingerprint density at radius 3 is 2.48 bits per heavy atom.